The zero-order valence-corrected chi connectivity index (χ0v) is 25.1. The van der Waals surface area contributed by atoms with Crippen molar-refractivity contribution in [3.63, 3.8) is 0 Å². The zero-order chi connectivity index (χ0) is 29.2. The van der Waals surface area contributed by atoms with Crippen LogP contribution in [0.25, 0.3) is 0 Å². The first kappa shape index (κ1) is 27.9. The molecule has 6 rings (SSSR count). The van der Waals surface area contributed by atoms with Crippen LogP contribution < -0.4 is 20.8 Å². The monoisotopic (exact) mass is 608 g/mol. The van der Waals surface area contributed by atoms with E-state index in [1.807, 2.05) is 78.9 Å². The highest BCUT2D eigenvalue weighted by molar-refractivity contribution is 7.90. The highest BCUT2D eigenvalue weighted by Crippen LogP contribution is 2.47. The molecular weight excluding hydrogens is 583 g/mol. The van der Waals surface area contributed by atoms with Crippen LogP contribution >= 0.6 is 18.7 Å². The molecule has 0 saturated carbocycles. The molecule has 0 unspecified atom stereocenters. The summed E-state index contributed by atoms with van der Waals surface area (Å²) in [5.41, 5.74) is 1.93. The van der Waals surface area contributed by atoms with Gasteiger partial charge in [-0.2, -0.15) is 13.3 Å². The molecule has 0 aliphatic carbocycles. The first-order valence-electron chi connectivity index (χ1n) is 13.2. The summed E-state index contributed by atoms with van der Waals surface area (Å²) >= 11 is 6.01. The van der Waals surface area contributed by atoms with Crippen LogP contribution in [0.1, 0.15) is 5.56 Å². The minimum atomic E-state index is -4.08. The molecule has 5 aromatic carbocycles. The summed E-state index contributed by atoms with van der Waals surface area (Å²) in [6.45, 7) is 0. The van der Waals surface area contributed by atoms with Gasteiger partial charge in [0.15, 0.2) is 5.84 Å². The number of nitrogens with zero attached hydrogens (tertiary/aromatic N) is 4. The second kappa shape index (κ2) is 11.5. The van der Waals surface area contributed by atoms with Crippen molar-refractivity contribution in [3.05, 3.63) is 150 Å². The number of benzene rings is 5. The molecule has 1 aliphatic rings. The fraction of sp³-hybridized carbons (Fsp3) is 0.0303. The summed E-state index contributed by atoms with van der Waals surface area (Å²) < 4.78 is 31.2. The van der Waals surface area contributed by atoms with Gasteiger partial charge in [0, 0.05) is 33.5 Å². The van der Waals surface area contributed by atoms with E-state index in [0.29, 0.717) is 10.7 Å². The molecule has 9 heteroatoms. The van der Waals surface area contributed by atoms with E-state index < -0.39 is 17.1 Å². The van der Waals surface area contributed by atoms with E-state index in [1.54, 1.807) is 11.9 Å². The molecule has 208 valence electrons. The lowest BCUT2D eigenvalue weighted by Crippen LogP contribution is -2.28. The number of para-hydroxylation sites is 1. The number of hydrogen-bond donors (Lipinski definition) is 0. The molecule has 0 saturated heterocycles. The fourth-order valence-corrected chi connectivity index (χ4v) is 9.37. The molecule has 0 aromatic heterocycles. The lowest BCUT2D eigenvalue weighted by molar-refractivity contribution is 0.598. The minimum absolute atomic E-state index is 0.0414. The average Bonchev–Trinajstić information content (AvgIpc) is 3.29. The smallest absolute Gasteiger partial charge is 0.284 e. The predicted molar refractivity (Wildman–Crippen MR) is 175 cm³/mol. The quantitative estimate of drug-likeness (QED) is 0.164. The van der Waals surface area contributed by atoms with Crippen molar-refractivity contribution < 1.29 is 8.42 Å². The minimum Gasteiger partial charge on any atom is -0.326 e. The van der Waals surface area contributed by atoms with Crippen molar-refractivity contribution in [3.8, 4) is 0 Å². The maximum Gasteiger partial charge on any atom is 0.284 e. The van der Waals surface area contributed by atoms with Crippen molar-refractivity contribution in [1.82, 2.24) is 0 Å². The number of sulfonamides is 1. The van der Waals surface area contributed by atoms with E-state index in [4.69, 9.17) is 21.6 Å². The van der Waals surface area contributed by atoms with Gasteiger partial charge in [0.2, 0.25) is 0 Å². The van der Waals surface area contributed by atoms with Gasteiger partial charge in [-0.05, 0) is 30.3 Å². The molecule has 0 radical (unpaired) electrons. The van der Waals surface area contributed by atoms with E-state index in [9.17, 15) is 8.42 Å². The molecule has 1 heterocycles. The van der Waals surface area contributed by atoms with Gasteiger partial charge in [0.1, 0.15) is 5.71 Å². The first-order valence-corrected chi connectivity index (χ1v) is 16.8. The summed E-state index contributed by atoms with van der Waals surface area (Å²) in [5, 5.41) is 8.44. The van der Waals surface area contributed by atoms with Crippen LogP contribution in [0.2, 0.25) is 5.02 Å². The third-order valence-corrected chi connectivity index (χ3v) is 12.1. The van der Waals surface area contributed by atoms with E-state index in [-0.39, 0.29) is 10.7 Å². The van der Waals surface area contributed by atoms with Crippen molar-refractivity contribution in [2.45, 2.75) is 4.90 Å². The average molecular weight is 609 g/mol. The second-order valence-electron chi connectivity index (χ2n) is 9.60. The van der Waals surface area contributed by atoms with E-state index >= 15 is 0 Å². The summed E-state index contributed by atoms with van der Waals surface area (Å²) in [6, 6.07) is 44.0. The van der Waals surface area contributed by atoms with E-state index in [2.05, 4.69) is 40.8 Å². The molecule has 0 amide bonds. The van der Waals surface area contributed by atoms with Crippen LogP contribution in [-0.2, 0) is 10.0 Å². The highest BCUT2D eigenvalue weighted by Gasteiger charge is 2.33. The molecule has 0 atom stereocenters. The van der Waals surface area contributed by atoms with E-state index in [1.165, 1.54) is 24.3 Å². The largest absolute Gasteiger partial charge is 0.326 e. The van der Waals surface area contributed by atoms with Gasteiger partial charge in [0.25, 0.3) is 10.0 Å². The van der Waals surface area contributed by atoms with Crippen molar-refractivity contribution in [2.24, 2.45) is 14.4 Å². The Kier molecular flexibility index (Phi) is 7.65. The highest BCUT2D eigenvalue weighted by atomic mass is 35.5. The Morgan fingerprint density at radius 2 is 1.12 bits per heavy atom. The third-order valence-electron chi connectivity index (χ3n) is 7.04. The Morgan fingerprint density at radius 3 is 1.64 bits per heavy atom. The summed E-state index contributed by atoms with van der Waals surface area (Å²) in [4.78, 5) is 7.01. The second-order valence-corrected chi connectivity index (χ2v) is 14.6. The van der Waals surface area contributed by atoms with E-state index in [0.717, 1.165) is 27.2 Å². The predicted octanol–water partition coefficient (Wildman–Crippen LogP) is 6.46. The Bertz CT molecular complexity index is 1860. The van der Waals surface area contributed by atoms with Crippen LogP contribution in [0.15, 0.2) is 159 Å². The van der Waals surface area contributed by atoms with Gasteiger partial charge in [-0.25, -0.2) is 0 Å². The van der Waals surface area contributed by atoms with Crippen LogP contribution in [0.5, 0.6) is 0 Å². The van der Waals surface area contributed by atoms with Crippen molar-refractivity contribution in [2.75, 3.05) is 11.9 Å². The number of halogens is 1. The molecular formula is C33H26ClN4O2PS. The van der Waals surface area contributed by atoms with Gasteiger partial charge < -0.3 is 4.90 Å². The van der Waals surface area contributed by atoms with Crippen LogP contribution in [0.4, 0.5) is 5.69 Å². The molecule has 5 aromatic rings. The topological polar surface area (TPSA) is 74.5 Å². The van der Waals surface area contributed by atoms with Crippen LogP contribution in [0, 0.1) is 0 Å². The lowest BCUT2D eigenvalue weighted by Gasteiger charge is -2.25. The summed E-state index contributed by atoms with van der Waals surface area (Å²) in [6.07, 6.45) is 0. The standard InChI is InChI=1S/C33H26ClN4O2PS/c1-38-31-20-12-11-19-30(31)32(33(38)36-42(39,40)29-23-21-25(34)22-24-29)35-37-41(26-13-5-2-6-14-26,27-15-7-3-8-16-27)28-17-9-4-10-18-28/h2-24H,1H3/b35-32+,36-33?. The van der Waals surface area contributed by atoms with Crippen molar-refractivity contribution in [1.29, 1.82) is 0 Å². The Hall–Kier alpha value is -4.29. The number of anilines is 1. The number of amidine groups is 1. The number of rotatable bonds is 6. The Morgan fingerprint density at radius 1 is 0.643 bits per heavy atom. The molecule has 0 N–H and O–H groups in total. The molecule has 0 fully saturated rings. The van der Waals surface area contributed by atoms with Gasteiger partial charge in [-0.15, -0.1) is 9.50 Å². The van der Waals surface area contributed by atoms with Crippen molar-refractivity contribution >= 4 is 61.8 Å². The van der Waals surface area contributed by atoms with Gasteiger partial charge in [0.05, 0.1) is 17.6 Å². The maximum absolute atomic E-state index is 13.5. The molecule has 42 heavy (non-hydrogen) atoms. The SMILES string of the molecule is CN1C(=NS(=O)(=O)c2ccc(Cl)cc2)/C(=N/N=P(c2ccccc2)(c2ccccc2)c2ccccc2)c2ccccc21. The van der Waals surface area contributed by atoms with Gasteiger partial charge in [-0.3, -0.25) is 0 Å². The Balaban J connectivity index is 1.65. The number of likely N-dealkylation sites (N-methyl/N-ethyl adjacent to an activating group) is 1. The summed E-state index contributed by atoms with van der Waals surface area (Å²) in [5.74, 6) is 0.196. The summed E-state index contributed by atoms with van der Waals surface area (Å²) in [7, 11) is -4.98. The first-order chi connectivity index (χ1) is 20.4. The molecule has 0 bridgehead atoms. The molecule has 0 spiro atoms. The normalized spacial score (nSPS) is 15.1. The zero-order valence-electron chi connectivity index (χ0n) is 22.6. The maximum atomic E-state index is 13.5. The van der Waals surface area contributed by atoms with Gasteiger partial charge in [-0.1, -0.05) is 121 Å². The number of hydrogen-bond acceptors (Lipinski definition) is 3. The molecule has 6 nitrogen and oxygen atoms in total. The fourth-order valence-electron chi connectivity index (χ4n) is 4.98. The van der Waals surface area contributed by atoms with Crippen LogP contribution in [-0.4, -0.2) is 27.0 Å². The molecule has 1 aliphatic heterocycles. The van der Waals surface area contributed by atoms with Crippen LogP contribution in [0.3, 0.4) is 0 Å². The Labute approximate surface area is 250 Å². The van der Waals surface area contributed by atoms with Gasteiger partial charge >= 0.3 is 0 Å². The number of fused-ring (bicyclic) bond motifs is 1. The third kappa shape index (κ3) is 5.12. The lowest BCUT2D eigenvalue weighted by atomic mass is 10.1.